The predicted molar refractivity (Wildman–Crippen MR) is 86.9 cm³/mol. The van der Waals surface area contributed by atoms with Crippen molar-refractivity contribution < 1.29 is 14.3 Å². The Morgan fingerprint density at radius 2 is 1.91 bits per heavy atom. The Balaban J connectivity index is 1.90. The Morgan fingerprint density at radius 1 is 1.18 bits per heavy atom. The fourth-order valence-electron chi connectivity index (χ4n) is 2.07. The van der Waals surface area contributed by atoms with Gasteiger partial charge in [0.2, 0.25) is 0 Å². The minimum Gasteiger partial charge on any atom is -0.471 e. The van der Waals surface area contributed by atoms with Crippen LogP contribution in [0.1, 0.15) is 0 Å². The van der Waals surface area contributed by atoms with E-state index in [1.54, 1.807) is 0 Å². The lowest BCUT2D eigenvalue weighted by molar-refractivity contribution is -0.134. The number of hydrogen-bond acceptors (Lipinski definition) is 5. The van der Waals surface area contributed by atoms with Crippen molar-refractivity contribution in [2.75, 3.05) is 12.4 Å². The van der Waals surface area contributed by atoms with Crippen LogP contribution in [0, 0.1) is 0 Å². The van der Waals surface area contributed by atoms with Crippen LogP contribution in [0.4, 0.5) is 5.69 Å². The molecule has 112 valence electrons. The third-order valence-electron chi connectivity index (χ3n) is 3.11. The summed E-state index contributed by atoms with van der Waals surface area (Å²) in [5, 5.41) is 3.25. The number of benzene rings is 2. The standard InChI is InChI=1S/C17H15NO3S/c1-20-16(19)11-14-17(22-12-7-3-2-4-8-12)21-15-10-6-5-9-13(15)18-14/h2-11,17-18H,1H3/b14-11-. The highest BCUT2D eigenvalue weighted by molar-refractivity contribution is 8.00. The summed E-state index contributed by atoms with van der Waals surface area (Å²) in [7, 11) is 1.36. The molecule has 2 aromatic carbocycles. The molecule has 0 saturated carbocycles. The van der Waals surface area contributed by atoms with Crippen LogP contribution < -0.4 is 10.1 Å². The van der Waals surface area contributed by atoms with E-state index in [1.165, 1.54) is 24.9 Å². The fraction of sp³-hybridized carbons (Fsp3) is 0.118. The molecule has 0 fully saturated rings. The molecule has 1 aliphatic heterocycles. The lowest BCUT2D eigenvalue weighted by atomic mass is 10.2. The van der Waals surface area contributed by atoms with Gasteiger partial charge in [-0.05, 0) is 24.3 Å². The van der Waals surface area contributed by atoms with Crippen molar-refractivity contribution in [3.8, 4) is 5.75 Å². The van der Waals surface area contributed by atoms with Crippen LogP contribution >= 0.6 is 11.8 Å². The molecule has 1 unspecified atom stereocenters. The second-order valence-electron chi connectivity index (χ2n) is 4.62. The van der Waals surface area contributed by atoms with Gasteiger partial charge in [-0.3, -0.25) is 0 Å². The van der Waals surface area contributed by atoms with Crippen LogP contribution in [-0.2, 0) is 9.53 Å². The van der Waals surface area contributed by atoms with Gasteiger partial charge in [0.1, 0.15) is 5.75 Å². The van der Waals surface area contributed by atoms with E-state index in [4.69, 9.17) is 9.47 Å². The Bertz CT molecular complexity index is 700. The van der Waals surface area contributed by atoms with Gasteiger partial charge in [0.25, 0.3) is 0 Å². The summed E-state index contributed by atoms with van der Waals surface area (Å²) in [6, 6.07) is 17.5. The van der Waals surface area contributed by atoms with Crippen LogP contribution in [0.3, 0.4) is 0 Å². The fourth-order valence-corrected chi connectivity index (χ4v) is 3.03. The number of rotatable bonds is 3. The van der Waals surface area contributed by atoms with Crippen molar-refractivity contribution in [1.29, 1.82) is 0 Å². The van der Waals surface area contributed by atoms with Crippen molar-refractivity contribution in [2.45, 2.75) is 10.3 Å². The van der Waals surface area contributed by atoms with Crippen LogP contribution in [0.25, 0.3) is 0 Å². The third-order valence-corrected chi connectivity index (χ3v) is 4.22. The predicted octanol–water partition coefficient (Wildman–Crippen LogP) is 3.67. The van der Waals surface area contributed by atoms with Gasteiger partial charge in [-0.25, -0.2) is 4.79 Å². The summed E-state index contributed by atoms with van der Waals surface area (Å²) in [4.78, 5) is 12.6. The van der Waals surface area contributed by atoms with Gasteiger partial charge in [-0.2, -0.15) is 0 Å². The number of anilines is 1. The smallest absolute Gasteiger partial charge is 0.332 e. The topological polar surface area (TPSA) is 47.6 Å². The van der Waals surface area contributed by atoms with Crippen molar-refractivity contribution in [2.24, 2.45) is 0 Å². The van der Waals surface area contributed by atoms with E-state index >= 15 is 0 Å². The largest absolute Gasteiger partial charge is 0.471 e. The van der Waals surface area contributed by atoms with Crippen LogP contribution in [0.15, 0.2) is 71.3 Å². The maximum absolute atomic E-state index is 11.6. The first-order valence-corrected chi connectivity index (χ1v) is 7.68. The summed E-state index contributed by atoms with van der Waals surface area (Å²) in [6.45, 7) is 0. The van der Waals surface area contributed by atoms with Gasteiger partial charge in [0, 0.05) is 11.0 Å². The quantitative estimate of drug-likeness (QED) is 0.692. The monoisotopic (exact) mass is 313 g/mol. The van der Waals surface area contributed by atoms with Crippen molar-refractivity contribution in [3.63, 3.8) is 0 Å². The SMILES string of the molecule is COC(=O)/C=C1\Nc2ccccc2OC1Sc1ccccc1. The van der Waals surface area contributed by atoms with Gasteiger partial charge in [0.05, 0.1) is 18.5 Å². The zero-order chi connectivity index (χ0) is 15.4. The molecule has 4 nitrogen and oxygen atoms in total. The molecule has 0 aromatic heterocycles. The van der Waals surface area contributed by atoms with Gasteiger partial charge >= 0.3 is 5.97 Å². The first-order valence-electron chi connectivity index (χ1n) is 6.80. The number of fused-ring (bicyclic) bond motifs is 1. The minimum absolute atomic E-state index is 0.337. The first-order chi connectivity index (χ1) is 10.8. The van der Waals surface area contributed by atoms with E-state index in [-0.39, 0.29) is 5.44 Å². The normalized spacial score (nSPS) is 18.0. The maximum Gasteiger partial charge on any atom is 0.332 e. The van der Waals surface area contributed by atoms with Gasteiger partial charge in [-0.15, -0.1) is 0 Å². The molecule has 0 spiro atoms. The molecular weight excluding hydrogens is 298 g/mol. The third kappa shape index (κ3) is 3.26. The Hall–Kier alpha value is -2.40. The molecule has 22 heavy (non-hydrogen) atoms. The number of carbonyl (C=O) groups excluding carboxylic acids is 1. The minimum atomic E-state index is -0.413. The van der Waals surface area contributed by atoms with Crippen LogP contribution in [-0.4, -0.2) is 18.5 Å². The molecule has 1 N–H and O–H groups in total. The summed E-state index contributed by atoms with van der Waals surface area (Å²) in [5.74, 6) is 0.349. The number of para-hydroxylation sites is 2. The second-order valence-corrected chi connectivity index (χ2v) is 5.76. The number of esters is 1. The zero-order valence-corrected chi connectivity index (χ0v) is 12.8. The Morgan fingerprint density at radius 3 is 2.68 bits per heavy atom. The number of thioether (sulfide) groups is 1. The van der Waals surface area contributed by atoms with Crippen LogP contribution in [0.5, 0.6) is 5.75 Å². The average molecular weight is 313 g/mol. The van der Waals surface area contributed by atoms with E-state index in [0.29, 0.717) is 5.70 Å². The number of nitrogens with one attached hydrogen (secondary N) is 1. The molecule has 1 aliphatic rings. The van der Waals surface area contributed by atoms with Crippen molar-refractivity contribution in [1.82, 2.24) is 0 Å². The van der Waals surface area contributed by atoms with E-state index < -0.39 is 5.97 Å². The maximum atomic E-state index is 11.6. The highest BCUT2D eigenvalue weighted by Crippen LogP contribution is 2.38. The highest BCUT2D eigenvalue weighted by atomic mass is 32.2. The van der Waals surface area contributed by atoms with Crippen molar-refractivity contribution >= 4 is 23.4 Å². The average Bonchev–Trinajstić information content (AvgIpc) is 2.56. The van der Waals surface area contributed by atoms with Crippen molar-refractivity contribution in [3.05, 3.63) is 66.4 Å². The lowest BCUT2D eigenvalue weighted by Gasteiger charge is -2.29. The number of hydrogen-bond donors (Lipinski definition) is 1. The number of methoxy groups -OCH3 is 1. The van der Waals surface area contributed by atoms with Crippen LogP contribution in [0.2, 0.25) is 0 Å². The molecule has 3 rings (SSSR count). The van der Waals surface area contributed by atoms with E-state index in [1.807, 2.05) is 54.6 Å². The highest BCUT2D eigenvalue weighted by Gasteiger charge is 2.26. The Kier molecular flexibility index (Phi) is 4.34. The summed E-state index contributed by atoms with van der Waals surface area (Å²) in [5.41, 5.74) is 1.17. The molecule has 0 aliphatic carbocycles. The van der Waals surface area contributed by atoms with E-state index in [2.05, 4.69) is 5.32 Å². The van der Waals surface area contributed by atoms with E-state index in [0.717, 1.165) is 16.3 Å². The van der Waals surface area contributed by atoms with E-state index in [9.17, 15) is 4.79 Å². The second kappa shape index (κ2) is 6.58. The molecule has 2 aromatic rings. The summed E-state index contributed by atoms with van der Waals surface area (Å²) >= 11 is 1.53. The molecule has 0 bridgehead atoms. The molecular formula is C17H15NO3S. The molecule has 0 radical (unpaired) electrons. The molecule has 0 saturated heterocycles. The summed E-state index contributed by atoms with van der Waals surface area (Å²) in [6.07, 6.45) is 1.43. The molecule has 5 heteroatoms. The molecule has 1 atom stereocenters. The Labute approximate surface area is 133 Å². The molecule has 1 heterocycles. The first kappa shape index (κ1) is 14.5. The number of carbonyl (C=O) groups is 1. The number of ether oxygens (including phenoxy) is 2. The molecule has 0 amide bonds. The van der Waals surface area contributed by atoms with Gasteiger partial charge < -0.3 is 14.8 Å². The van der Waals surface area contributed by atoms with Gasteiger partial charge in [0.15, 0.2) is 5.44 Å². The lowest BCUT2D eigenvalue weighted by Crippen LogP contribution is -2.26. The zero-order valence-electron chi connectivity index (χ0n) is 12.0. The van der Waals surface area contributed by atoms with Gasteiger partial charge in [-0.1, -0.05) is 42.1 Å². The summed E-state index contributed by atoms with van der Waals surface area (Å²) < 4.78 is 10.7.